The molecule has 0 aliphatic carbocycles. The molecule has 2 saturated heterocycles. The highest BCUT2D eigenvalue weighted by Crippen LogP contribution is 2.25. The second-order valence-electron chi connectivity index (χ2n) is 8.76. The molecule has 2 aliphatic heterocycles. The van der Waals surface area contributed by atoms with Gasteiger partial charge >= 0.3 is 6.36 Å². The van der Waals surface area contributed by atoms with Crippen molar-refractivity contribution in [2.75, 3.05) is 45.8 Å². The quantitative estimate of drug-likeness (QED) is 0.541. The molecule has 0 aromatic heterocycles. The predicted octanol–water partition coefficient (Wildman–Crippen LogP) is 1.82. The lowest BCUT2D eigenvalue weighted by molar-refractivity contribution is -0.274. The van der Waals surface area contributed by atoms with Crippen molar-refractivity contribution in [2.24, 2.45) is 5.92 Å². The van der Waals surface area contributed by atoms with E-state index in [9.17, 15) is 36.0 Å². The summed E-state index contributed by atoms with van der Waals surface area (Å²) in [5.41, 5.74) is 0. The van der Waals surface area contributed by atoms with E-state index in [2.05, 4.69) is 10.1 Å². The van der Waals surface area contributed by atoms with Crippen LogP contribution in [0.2, 0.25) is 0 Å². The molecular formula is C23H33F3N4O6S. The van der Waals surface area contributed by atoms with Crippen LogP contribution in [-0.2, 0) is 24.4 Å². The number of nitrogens with zero attached hydrogens (tertiary/aromatic N) is 3. The van der Waals surface area contributed by atoms with E-state index in [0.717, 1.165) is 63.2 Å². The van der Waals surface area contributed by atoms with Crippen molar-refractivity contribution in [1.82, 2.24) is 19.4 Å². The SMILES string of the molecule is CC(=O)N1CCC(CNC=O)CC1.CC(=O)N1CCCN(S(=O)(=O)c2ccc(OC(F)(F)F)cc2)CC1. The number of rotatable bonds is 6. The lowest BCUT2D eigenvalue weighted by Crippen LogP contribution is -2.39. The lowest BCUT2D eigenvalue weighted by Gasteiger charge is -2.30. The zero-order chi connectivity index (χ0) is 27.6. The Kier molecular flexibility index (Phi) is 11.2. The summed E-state index contributed by atoms with van der Waals surface area (Å²) in [4.78, 5) is 35.7. The minimum absolute atomic E-state index is 0.117. The topological polar surface area (TPSA) is 116 Å². The van der Waals surface area contributed by atoms with E-state index < -0.39 is 22.1 Å². The smallest absolute Gasteiger partial charge is 0.406 e. The van der Waals surface area contributed by atoms with Gasteiger partial charge in [-0.25, -0.2) is 8.42 Å². The molecule has 208 valence electrons. The van der Waals surface area contributed by atoms with Crippen molar-refractivity contribution in [3.63, 3.8) is 0 Å². The van der Waals surface area contributed by atoms with E-state index in [1.165, 1.54) is 11.2 Å². The molecule has 0 radical (unpaired) electrons. The maximum atomic E-state index is 12.6. The van der Waals surface area contributed by atoms with Gasteiger partial charge in [-0.3, -0.25) is 14.4 Å². The second kappa shape index (κ2) is 13.6. The van der Waals surface area contributed by atoms with E-state index in [1.54, 1.807) is 11.8 Å². The van der Waals surface area contributed by atoms with Crippen LogP contribution in [0.15, 0.2) is 29.2 Å². The van der Waals surface area contributed by atoms with Crippen LogP contribution in [0.1, 0.15) is 33.1 Å². The average molecular weight is 551 g/mol. The Morgan fingerprint density at radius 1 is 0.973 bits per heavy atom. The molecule has 2 fully saturated rings. The molecule has 2 aliphatic rings. The number of alkyl halides is 3. The molecule has 10 nitrogen and oxygen atoms in total. The molecule has 0 unspecified atom stereocenters. The number of likely N-dealkylation sites (tertiary alicyclic amines) is 1. The largest absolute Gasteiger partial charge is 0.573 e. The number of hydrogen-bond donors (Lipinski definition) is 1. The monoisotopic (exact) mass is 550 g/mol. The predicted molar refractivity (Wildman–Crippen MR) is 128 cm³/mol. The number of piperidine rings is 1. The Morgan fingerprint density at radius 2 is 1.54 bits per heavy atom. The highest BCUT2D eigenvalue weighted by Gasteiger charge is 2.32. The first-order chi connectivity index (χ1) is 17.3. The van der Waals surface area contributed by atoms with Crippen molar-refractivity contribution in [3.8, 4) is 5.75 Å². The number of halogens is 3. The summed E-state index contributed by atoms with van der Waals surface area (Å²) in [6, 6.07) is 4.06. The van der Waals surface area contributed by atoms with Crippen molar-refractivity contribution in [2.45, 2.75) is 44.4 Å². The first-order valence-corrected chi connectivity index (χ1v) is 13.3. The molecule has 14 heteroatoms. The van der Waals surface area contributed by atoms with Gasteiger partial charge in [-0.2, -0.15) is 4.31 Å². The first kappa shape index (κ1) is 30.4. The van der Waals surface area contributed by atoms with Gasteiger partial charge < -0.3 is 19.9 Å². The Hall–Kier alpha value is -2.87. The normalized spacial score (nSPS) is 17.8. The van der Waals surface area contributed by atoms with Crippen LogP contribution in [0.25, 0.3) is 0 Å². The van der Waals surface area contributed by atoms with Gasteiger partial charge in [0.2, 0.25) is 28.2 Å². The highest BCUT2D eigenvalue weighted by atomic mass is 32.2. The van der Waals surface area contributed by atoms with Gasteiger partial charge in [0.1, 0.15) is 5.75 Å². The van der Waals surface area contributed by atoms with Gasteiger partial charge in [-0.05, 0) is 49.4 Å². The van der Waals surface area contributed by atoms with Crippen molar-refractivity contribution < 1.29 is 40.7 Å². The van der Waals surface area contributed by atoms with Crippen LogP contribution in [0.3, 0.4) is 0 Å². The molecule has 37 heavy (non-hydrogen) atoms. The number of carbonyl (C=O) groups excluding carboxylic acids is 3. The summed E-state index contributed by atoms with van der Waals surface area (Å²) in [7, 11) is -3.84. The molecule has 0 bridgehead atoms. The molecule has 3 rings (SSSR count). The summed E-state index contributed by atoms with van der Waals surface area (Å²) in [6.07, 6.45) is -1.60. The minimum Gasteiger partial charge on any atom is -0.406 e. The highest BCUT2D eigenvalue weighted by molar-refractivity contribution is 7.89. The summed E-state index contributed by atoms with van der Waals surface area (Å²) in [5.74, 6) is 0.0885. The molecule has 2 heterocycles. The summed E-state index contributed by atoms with van der Waals surface area (Å²) >= 11 is 0. The number of ether oxygens (including phenoxy) is 1. The third kappa shape index (κ3) is 9.84. The van der Waals surface area contributed by atoms with Crippen molar-refractivity contribution in [3.05, 3.63) is 24.3 Å². The van der Waals surface area contributed by atoms with E-state index in [-0.39, 0.29) is 36.3 Å². The fourth-order valence-electron chi connectivity index (χ4n) is 4.08. The lowest BCUT2D eigenvalue weighted by atomic mass is 9.97. The van der Waals surface area contributed by atoms with E-state index in [0.29, 0.717) is 18.9 Å². The van der Waals surface area contributed by atoms with Crippen LogP contribution >= 0.6 is 0 Å². The standard InChI is InChI=1S/C14H17F3N2O4S.C9H16N2O2/c1-11(20)18-7-2-8-19(10-9-18)24(21,22)13-5-3-12(4-6-13)23-14(15,16)17;1-8(13)11-4-2-9(3-5-11)6-10-7-12/h3-6H,2,7-10H2,1H3;7,9H,2-6H2,1H3,(H,10,12). The number of carbonyl (C=O) groups is 3. The molecule has 1 aromatic carbocycles. The number of benzene rings is 1. The maximum absolute atomic E-state index is 12.6. The average Bonchev–Trinajstić information content (AvgIpc) is 3.10. The minimum atomic E-state index is -4.83. The van der Waals surface area contributed by atoms with Gasteiger partial charge in [0.25, 0.3) is 0 Å². The van der Waals surface area contributed by atoms with Crippen molar-refractivity contribution >= 4 is 28.2 Å². The van der Waals surface area contributed by atoms with Gasteiger partial charge in [0, 0.05) is 59.7 Å². The number of nitrogens with one attached hydrogen (secondary N) is 1. The molecule has 3 amide bonds. The zero-order valence-corrected chi connectivity index (χ0v) is 21.7. The molecule has 1 N–H and O–H groups in total. The Labute approximate surface area is 214 Å². The first-order valence-electron chi connectivity index (χ1n) is 11.9. The van der Waals surface area contributed by atoms with E-state index in [1.807, 2.05) is 4.90 Å². The van der Waals surface area contributed by atoms with Gasteiger partial charge in [-0.1, -0.05) is 0 Å². The molecule has 0 saturated carbocycles. The van der Waals surface area contributed by atoms with E-state index in [4.69, 9.17) is 0 Å². The summed E-state index contributed by atoms with van der Waals surface area (Å²) < 4.78 is 66.5. The van der Waals surface area contributed by atoms with Gasteiger partial charge in [0.05, 0.1) is 4.90 Å². The number of sulfonamides is 1. The molecule has 0 spiro atoms. The Morgan fingerprint density at radius 3 is 2.05 bits per heavy atom. The molecule has 0 atom stereocenters. The number of hydrogen-bond acceptors (Lipinski definition) is 6. The summed E-state index contributed by atoms with van der Waals surface area (Å²) in [5, 5.41) is 2.68. The fraction of sp³-hybridized carbons (Fsp3) is 0.609. The van der Waals surface area contributed by atoms with Crippen LogP contribution < -0.4 is 10.1 Å². The molecular weight excluding hydrogens is 517 g/mol. The van der Waals surface area contributed by atoms with Gasteiger partial charge in [-0.15, -0.1) is 13.2 Å². The van der Waals surface area contributed by atoms with Crippen LogP contribution in [-0.4, -0.2) is 92.9 Å². The number of amides is 3. The van der Waals surface area contributed by atoms with Gasteiger partial charge in [0.15, 0.2) is 0 Å². The second-order valence-corrected chi connectivity index (χ2v) is 10.7. The third-order valence-electron chi connectivity index (χ3n) is 6.14. The fourth-order valence-corrected chi connectivity index (χ4v) is 5.55. The Bertz CT molecular complexity index is 1010. The van der Waals surface area contributed by atoms with E-state index >= 15 is 0 Å². The maximum Gasteiger partial charge on any atom is 0.573 e. The zero-order valence-electron chi connectivity index (χ0n) is 20.9. The van der Waals surface area contributed by atoms with Crippen LogP contribution in [0.5, 0.6) is 5.75 Å². The Balaban J connectivity index is 0.000000312. The summed E-state index contributed by atoms with van der Waals surface area (Å²) in [6.45, 7) is 6.57. The molecule has 1 aromatic rings. The van der Waals surface area contributed by atoms with Crippen molar-refractivity contribution in [1.29, 1.82) is 0 Å². The van der Waals surface area contributed by atoms with Crippen LogP contribution in [0.4, 0.5) is 13.2 Å². The van der Waals surface area contributed by atoms with Crippen LogP contribution in [0, 0.1) is 5.92 Å². The third-order valence-corrected chi connectivity index (χ3v) is 8.06.